The fraction of sp³-hybridized carbons (Fsp3) is 0.125. The van der Waals surface area contributed by atoms with Crippen LogP contribution in [0.15, 0.2) is 88.3 Å². The van der Waals surface area contributed by atoms with E-state index in [4.69, 9.17) is 4.74 Å². The lowest BCUT2D eigenvalue weighted by Crippen LogP contribution is -2.39. The molecule has 1 atom stereocenters. The first-order valence-corrected chi connectivity index (χ1v) is 10.4. The predicted molar refractivity (Wildman–Crippen MR) is 118 cm³/mol. The molecule has 1 aliphatic rings. The largest absolute Gasteiger partial charge is 0.458 e. The van der Waals surface area contributed by atoms with Crippen LogP contribution in [0.2, 0.25) is 0 Å². The summed E-state index contributed by atoms with van der Waals surface area (Å²) in [5.41, 5.74) is 2.01. The number of hydrogen-bond acceptors (Lipinski definition) is 5. The smallest absolute Gasteiger partial charge is 0.338 e. The molecular weight excluding hydrogens is 415 g/mol. The molecule has 0 saturated carbocycles. The van der Waals surface area contributed by atoms with Gasteiger partial charge in [0.05, 0.1) is 21.8 Å². The van der Waals surface area contributed by atoms with E-state index in [0.29, 0.717) is 26.2 Å². The maximum absolute atomic E-state index is 13.4. The van der Waals surface area contributed by atoms with Gasteiger partial charge >= 0.3 is 5.97 Å². The molecule has 0 spiro atoms. The SMILES string of the molecule is C=CCOC(=O)C1=C(C)N=c2s/c(=C/c3ccc(F)cc3)c(=O)n2[C@H]1c1ccccc1. The number of nitrogens with zero attached hydrogens (tertiary/aromatic N) is 2. The van der Waals surface area contributed by atoms with E-state index >= 15 is 0 Å². The molecule has 3 aromatic rings. The van der Waals surface area contributed by atoms with Gasteiger partial charge in [0, 0.05) is 0 Å². The van der Waals surface area contributed by atoms with Gasteiger partial charge in [-0.15, -0.1) is 0 Å². The van der Waals surface area contributed by atoms with Gasteiger partial charge in [0.1, 0.15) is 12.4 Å². The number of thiazole rings is 1. The molecule has 0 radical (unpaired) electrons. The summed E-state index contributed by atoms with van der Waals surface area (Å²) in [5.74, 6) is -0.885. The molecule has 156 valence electrons. The van der Waals surface area contributed by atoms with Crippen molar-refractivity contribution in [3.05, 3.63) is 115 Å². The van der Waals surface area contributed by atoms with Crippen molar-refractivity contribution < 1.29 is 13.9 Å². The second-order valence-corrected chi connectivity index (χ2v) is 7.94. The summed E-state index contributed by atoms with van der Waals surface area (Å²) in [6.07, 6.45) is 3.18. The number of ether oxygens (including phenoxy) is 1. The van der Waals surface area contributed by atoms with Crippen LogP contribution in [-0.4, -0.2) is 17.1 Å². The van der Waals surface area contributed by atoms with Crippen molar-refractivity contribution in [2.45, 2.75) is 13.0 Å². The first-order chi connectivity index (χ1) is 15.0. The van der Waals surface area contributed by atoms with Crippen LogP contribution in [-0.2, 0) is 9.53 Å². The van der Waals surface area contributed by atoms with Crippen molar-refractivity contribution in [3.63, 3.8) is 0 Å². The van der Waals surface area contributed by atoms with E-state index in [1.54, 1.807) is 25.1 Å². The fourth-order valence-electron chi connectivity index (χ4n) is 3.46. The van der Waals surface area contributed by atoms with E-state index in [2.05, 4.69) is 11.6 Å². The number of carbonyl (C=O) groups is 1. The highest BCUT2D eigenvalue weighted by Gasteiger charge is 2.33. The summed E-state index contributed by atoms with van der Waals surface area (Å²) >= 11 is 1.23. The number of benzene rings is 2. The summed E-state index contributed by atoms with van der Waals surface area (Å²) in [7, 11) is 0. The van der Waals surface area contributed by atoms with Gasteiger partial charge in [0.2, 0.25) is 0 Å². The average Bonchev–Trinajstić information content (AvgIpc) is 3.07. The Labute approximate surface area is 181 Å². The Bertz CT molecular complexity index is 1350. The zero-order valence-electron chi connectivity index (χ0n) is 16.7. The number of allylic oxidation sites excluding steroid dienone is 1. The maximum Gasteiger partial charge on any atom is 0.338 e. The second-order valence-electron chi connectivity index (χ2n) is 6.93. The van der Waals surface area contributed by atoms with E-state index < -0.39 is 12.0 Å². The molecule has 5 nitrogen and oxygen atoms in total. The molecular formula is C24H19FN2O3S. The minimum atomic E-state index is -0.662. The number of rotatable bonds is 5. The standard InChI is InChI=1S/C24H19FN2O3S/c1-3-13-30-23(29)20-15(2)26-24-27(21(20)17-7-5-4-6-8-17)22(28)19(31-24)14-16-9-11-18(25)12-10-16/h3-12,14,21H,1,13H2,2H3/b19-14+/t21-/m0/s1. The summed E-state index contributed by atoms with van der Waals surface area (Å²) < 4.78 is 20.5. The van der Waals surface area contributed by atoms with E-state index in [1.165, 1.54) is 34.1 Å². The average molecular weight is 434 g/mol. The van der Waals surface area contributed by atoms with Crippen LogP contribution in [0.5, 0.6) is 0 Å². The van der Waals surface area contributed by atoms with Gasteiger partial charge in [-0.1, -0.05) is 66.5 Å². The van der Waals surface area contributed by atoms with Gasteiger partial charge in [0.15, 0.2) is 4.80 Å². The minimum absolute atomic E-state index is 0.0616. The molecule has 2 heterocycles. The van der Waals surface area contributed by atoms with Gasteiger partial charge in [0.25, 0.3) is 5.56 Å². The molecule has 0 unspecified atom stereocenters. The Morgan fingerprint density at radius 1 is 1.23 bits per heavy atom. The van der Waals surface area contributed by atoms with Crippen molar-refractivity contribution in [1.82, 2.24) is 4.57 Å². The second kappa shape index (κ2) is 8.65. The van der Waals surface area contributed by atoms with Crippen LogP contribution in [0.3, 0.4) is 0 Å². The van der Waals surface area contributed by atoms with Crippen molar-refractivity contribution in [3.8, 4) is 0 Å². The first-order valence-electron chi connectivity index (χ1n) is 9.60. The van der Waals surface area contributed by atoms with E-state index in [1.807, 2.05) is 30.3 Å². The monoisotopic (exact) mass is 434 g/mol. The number of carbonyl (C=O) groups excluding carboxylic acids is 1. The van der Waals surface area contributed by atoms with Crippen LogP contribution in [0.1, 0.15) is 24.1 Å². The zero-order chi connectivity index (χ0) is 22.0. The van der Waals surface area contributed by atoms with Gasteiger partial charge in [-0.05, 0) is 36.3 Å². The van der Waals surface area contributed by atoms with E-state index in [-0.39, 0.29) is 18.0 Å². The van der Waals surface area contributed by atoms with E-state index in [0.717, 1.165) is 5.56 Å². The maximum atomic E-state index is 13.4. The molecule has 0 bridgehead atoms. The molecule has 2 aromatic carbocycles. The topological polar surface area (TPSA) is 60.7 Å². The number of aromatic nitrogens is 1. The summed E-state index contributed by atoms with van der Waals surface area (Å²) in [4.78, 5) is 31.2. The molecule has 4 rings (SSSR count). The molecule has 0 N–H and O–H groups in total. The third-order valence-corrected chi connectivity index (χ3v) is 5.84. The first kappa shape index (κ1) is 20.7. The molecule has 0 aliphatic carbocycles. The van der Waals surface area contributed by atoms with Crippen LogP contribution < -0.4 is 14.9 Å². The molecule has 0 saturated heterocycles. The Morgan fingerprint density at radius 3 is 2.61 bits per heavy atom. The van der Waals surface area contributed by atoms with Gasteiger partial charge in [-0.3, -0.25) is 9.36 Å². The highest BCUT2D eigenvalue weighted by molar-refractivity contribution is 7.07. The summed E-state index contributed by atoms with van der Waals surface area (Å²) in [6.45, 7) is 5.37. The summed E-state index contributed by atoms with van der Waals surface area (Å²) in [5, 5.41) is 0. The van der Waals surface area contributed by atoms with Crippen LogP contribution in [0.4, 0.5) is 4.39 Å². The lowest BCUT2D eigenvalue weighted by Gasteiger charge is -2.24. The Kier molecular flexibility index (Phi) is 5.77. The molecule has 31 heavy (non-hydrogen) atoms. The third-order valence-electron chi connectivity index (χ3n) is 4.86. The van der Waals surface area contributed by atoms with Crippen LogP contribution in [0.25, 0.3) is 6.08 Å². The molecule has 0 fully saturated rings. The number of esters is 1. The van der Waals surface area contributed by atoms with Crippen molar-refractivity contribution in [1.29, 1.82) is 0 Å². The zero-order valence-corrected chi connectivity index (χ0v) is 17.6. The van der Waals surface area contributed by atoms with Crippen molar-refractivity contribution in [2.24, 2.45) is 4.99 Å². The quantitative estimate of drug-likeness (QED) is 0.458. The summed E-state index contributed by atoms with van der Waals surface area (Å²) in [6, 6.07) is 14.5. The van der Waals surface area contributed by atoms with Crippen LogP contribution in [0, 0.1) is 5.82 Å². The molecule has 0 amide bonds. The predicted octanol–water partition coefficient (Wildman–Crippen LogP) is 3.10. The Morgan fingerprint density at radius 2 is 1.94 bits per heavy atom. The van der Waals surface area contributed by atoms with E-state index in [9.17, 15) is 14.0 Å². The number of halogens is 1. The van der Waals surface area contributed by atoms with Gasteiger partial charge < -0.3 is 4.74 Å². The van der Waals surface area contributed by atoms with Gasteiger partial charge in [-0.25, -0.2) is 14.2 Å². The van der Waals surface area contributed by atoms with Crippen molar-refractivity contribution in [2.75, 3.05) is 6.61 Å². The minimum Gasteiger partial charge on any atom is -0.458 e. The number of fused-ring (bicyclic) bond motifs is 1. The highest BCUT2D eigenvalue weighted by atomic mass is 32.1. The highest BCUT2D eigenvalue weighted by Crippen LogP contribution is 2.30. The Hall–Kier alpha value is -3.58. The Balaban J connectivity index is 1.92. The van der Waals surface area contributed by atoms with Crippen molar-refractivity contribution >= 4 is 23.4 Å². The lowest BCUT2D eigenvalue weighted by atomic mass is 9.96. The molecule has 1 aliphatic heterocycles. The number of hydrogen-bond donors (Lipinski definition) is 0. The van der Waals surface area contributed by atoms with Crippen LogP contribution >= 0.6 is 11.3 Å². The molecule has 1 aromatic heterocycles. The normalized spacial score (nSPS) is 15.9. The third kappa shape index (κ3) is 4.04. The van der Waals surface area contributed by atoms with Gasteiger partial charge in [-0.2, -0.15) is 0 Å². The molecule has 7 heteroatoms. The fourth-order valence-corrected chi connectivity index (χ4v) is 4.50. The lowest BCUT2D eigenvalue weighted by molar-refractivity contribution is -0.138.